The molecule has 1 N–H and O–H groups in total. The molecule has 0 amide bonds. The van der Waals surface area contributed by atoms with Crippen LogP contribution in [0.3, 0.4) is 0 Å². The maximum Gasteiger partial charge on any atom is 0.123 e. The Hall–Kier alpha value is -0.800. The summed E-state index contributed by atoms with van der Waals surface area (Å²) in [6.07, 6.45) is 1.38. The lowest BCUT2D eigenvalue weighted by Gasteiger charge is -2.23. The quantitative estimate of drug-likeness (QED) is 0.829. The van der Waals surface area contributed by atoms with Gasteiger partial charge in [-0.15, -0.1) is 0 Å². The van der Waals surface area contributed by atoms with E-state index in [0.717, 1.165) is 24.5 Å². The second kappa shape index (κ2) is 4.37. The van der Waals surface area contributed by atoms with Crippen LogP contribution in [0.5, 0.6) is 0 Å². The van der Waals surface area contributed by atoms with E-state index in [-0.39, 0.29) is 12.1 Å². The van der Waals surface area contributed by atoms with Crippen molar-refractivity contribution in [1.82, 2.24) is 5.32 Å². The molecule has 3 unspecified atom stereocenters. The monoisotopic (exact) mass is 209 g/mol. The predicted molar refractivity (Wildman–Crippen MR) is 58.8 cm³/mol. The molecule has 1 fully saturated rings. The standard InChI is InChI=1S/C12H19NO2/c1-8-6-7-14-12(8)11(13-3)10-5-4-9(2)15-10/h4-5,8,11-13H,6-7H2,1-3H3. The van der Waals surface area contributed by atoms with Crippen LogP contribution in [0.4, 0.5) is 0 Å². The number of furan rings is 1. The second-order valence-corrected chi connectivity index (χ2v) is 4.32. The molecule has 2 rings (SSSR count). The Morgan fingerprint density at radius 1 is 1.47 bits per heavy atom. The van der Waals surface area contributed by atoms with Crippen molar-refractivity contribution in [2.75, 3.05) is 13.7 Å². The maximum atomic E-state index is 5.76. The summed E-state index contributed by atoms with van der Waals surface area (Å²) in [4.78, 5) is 0. The Kier molecular flexibility index (Phi) is 3.12. The molecule has 1 aromatic rings. The number of nitrogens with one attached hydrogen (secondary N) is 1. The van der Waals surface area contributed by atoms with E-state index in [1.165, 1.54) is 0 Å². The molecule has 3 atom stereocenters. The molecule has 1 aliphatic heterocycles. The van der Waals surface area contributed by atoms with Gasteiger partial charge in [-0.2, -0.15) is 0 Å². The van der Waals surface area contributed by atoms with Crippen LogP contribution >= 0.6 is 0 Å². The minimum Gasteiger partial charge on any atom is -0.465 e. The van der Waals surface area contributed by atoms with Crippen LogP contribution < -0.4 is 5.32 Å². The number of ether oxygens (including phenoxy) is 1. The average Bonchev–Trinajstić information content (AvgIpc) is 2.79. The fraction of sp³-hybridized carbons (Fsp3) is 0.667. The molecular weight excluding hydrogens is 190 g/mol. The molecule has 1 saturated heterocycles. The molecule has 3 nitrogen and oxygen atoms in total. The first kappa shape index (κ1) is 10.7. The molecule has 1 aromatic heterocycles. The third-order valence-corrected chi connectivity index (χ3v) is 3.15. The predicted octanol–water partition coefficient (Wildman–Crippen LogP) is 2.27. The summed E-state index contributed by atoms with van der Waals surface area (Å²) in [6.45, 7) is 5.07. The van der Waals surface area contributed by atoms with E-state index < -0.39 is 0 Å². The third-order valence-electron chi connectivity index (χ3n) is 3.15. The van der Waals surface area contributed by atoms with Crippen molar-refractivity contribution in [1.29, 1.82) is 0 Å². The molecule has 0 saturated carbocycles. The first-order valence-corrected chi connectivity index (χ1v) is 5.57. The fourth-order valence-corrected chi connectivity index (χ4v) is 2.23. The van der Waals surface area contributed by atoms with Gasteiger partial charge >= 0.3 is 0 Å². The Balaban J connectivity index is 2.16. The first-order valence-electron chi connectivity index (χ1n) is 5.57. The fourth-order valence-electron chi connectivity index (χ4n) is 2.23. The molecule has 0 aliphatic carbocycles. The van der Waals surface area contributed by atoms with Crippen LogP contribution in [0.15, 0.2) is 16.5 Å². The van der Waals surface area contributed by atoms with Crippen LogP contribution in [0, 0.1) is 12.8 Å². The molecule has 3 heteroatoms. The van der Waals surface area contributed by atoms with Gasteiger partial charge in [-0.25, -0.2) is 0 Å². The minimum absolute atomic E-state index is 0.177. The van der Waals surface area contributed by atoms with Crippen molar-refractivity contribution in [3.05, 3.63) is 23.7 Å². The number of aryl methyl sites for hydroxylation is 1. The zero-order valence-corrected chi connectivity index (χ0v) is 9.62. The van der Waals surface area contributed by atoms with E-state index >= 15 is 0 Å². The Labute approximate surface area is 90.8 Å². The SMILES string of the molecule is CNC(c1ccc(C)o1)C1OCCC1C. The smallest absolute Gasteiger partial charge is 0.123 e. The highest BCUT2D eigenvalue weighted by atomic mass is 16.5. The van der Waals surface area contributed by atoms with Crippen LogP contribution in [-0.2, 0) is 4.74 Å². The van der Waals surface area contributed by atoms with Crippen molar-refractivity contribution in [2.45, 2.75) is 32.4 Å². The maximum absolute atomic E-state index is 5.76. The Morgan fingerprint density at radius 2 is 2.27 bits per heavy atom. The highest BCUT2D eigenvalue weighted by Gasteiger charge is 2.33. The van der Waals surface area contributed by atoms with Gasteiger partial charge in [-0.3, -0.25) is 0 Å². The van der Waals surface area contributed by atoms with Gasteiger partial charge < -0.3 is 14.5 Å². The number of likely N-dealkylation sites (N-methyl/N-ethyl adjacent to an activating group) is 1. The average molecular weight is 209 g/mol. The van der Waals surface area contributed by atoms with E-state index in [1.807, 2.05) is 26.1 Å². The highest BCUT2D eigenvalue weighted by Crippen LogP contribution is 2.31. The lowest BCUT2D eigenvalue weighted by atomic mass is 9.96. The molecule has 0 spiro atoms. The summed E-state index contributed by atoms with van der Waals surface area (Å²) in [5.41, 5.74) is 0. The van der Waals surface area contributed by atoms with Crippen molar-refractivity contribution >= 4 is 0 Å². The number of rotatable bonds is 3. The molecule has 0 radical (unpaired) electrons. The highest BCUT2D eigenvalue weighted by molar-refractivity contribution is 5.12. The van der Waals surface area contributed by atoms with E-state index in [2.05, 4.69) is 12.2 Å². The van der Waals surface area contributed by atoms with Gasteiger partial charge in [-0.1, -0.05) is 6.92 Å². The van der Waals surface area contributed by atoms with Crippen molar-refractivity contribution in [3.63, 3.8) is 0 Å². The van der Waals surface area contributed by atoms with E-state index in [4.69, 9.17) is 9.15 Å². The van der Waals surface area contributed by atoms with Gasteiger partial charge in [-0.05, 0) is 38.4 Å². The lowest BCUT2D eigenvalue weighted by Crippen LogP contribution is -2.32. The minimum atomic E-state index is 0.177. The summed E-state index contributed by atoms with van der Waals surface area (Å²) < 4.78 is 11.4. The Bertz CT molecular complexity index is 321. The molecular formula is C12H19NO2. The van der Waals surface area contributed by atoms with Gasteiger partial charge in [0.15, 0.2) is 0 Å². The summed E-state index contributed by atoms with van der Waals surface area (Å²) in [5.74, 6) is 2.53. The van der Waals surface area contributed by atoms with E-state index in [9.17, 15) is 0 Å². The van der Waals surface area contributed by atoms with E-state index in [0.29, 0.717) is 5.92 Å². The summed E-state index contributed by atoms with van der Waals surface area (Å²) in [5, 5.41) is 3.29. The first-order chi connectivity index (χ1) is 7.22. The van der Waals surface area contributed by atoms with Crippen LogP contribution in [0.25, 0.3) is 0 Å². The molecule has 84 valence electrons. The number of hydrogen-bond acceptors (Lipinski definition) is 3. The van der Waals surface area contributed by atoms with Crippen molar-refractivity contribution < 1.29 is 9.15 Å². The summed E-state index contributed by atoms with van der Waals surface area (Å²) >= 11 is 0. The third kappa shape index (κ3) is 2.08. The summed E-state index contributed by atoms with van der Waals surface area (Å²) in [6, 6.07) is 4.21. The van der Waals surface area contributed by atoms with Gasteiger partial charge in [0.25, 0.3) is 0 Å². The van der Waals surface area contributed by atoms with Crippen LogP contribution in [0.2, 0.25) is 0 Å². The van der Waals surface area contributed by atoms with Crippen molar-refractivity contribution in [3.8, 4) is 0 Å². The van der Waals surface area contributed by atoms with Gasteiger partial charge in [0.05, 0.1) is 12.1 Å². The normalized spacial score (nSPS) is 28.2. The zero-order chi connectivity index (χ0) is 10.8. The molecule has 0 bridgehead atoms. The van der Waals surface area contributed by atoms with Gasteiger partial charge in [0.1, 0.15) is 11.5 Å². The topological polar surface area (TPSA) is 34.4 Å². The van der Waals surface area contributed by atoms with Gasteiger partial charge in [0.2, 0.25) is 0 Å². The van der Waals surface area contributed by atoms with Gasteiger partial charge in [0, 0.05) is 6.61 Å². The molecule has 1 aliphatic rings. The summed E-state index contributed by atoms with van der Waals surface area (Å²) in [7, 11) is 1.96. The Morgan fingerprint density at radius 3 is 2.73 bits per heavy atom. The zero-order valence-electron chi connectivity index (χ0n) is 9.62. The molecule has 15 heavy (non-hydrogen) atoms. The largest absolute Gasteiger partial charge is 0.465 e. The van der Waals surface area contributed by atoms with E-state index in [1.54, 1.807) is 0 Å². The lowest BCUT2D eigenvalue weighted by molar-refractivity contribution is 0.0561. The molecule has 0 aromatic carbocycles. The van der Waals surface area contributed by atoms with Crippen LogP contribution in [-0.4, -0.2) is 19.8 Å². The molecule has 2 heterocycles. The number of hydrogen-bond donors (Lipinski definition) is 1. The van der Waals surface area contributed by atoms with Crippen molar-refractivity contribution in [2.24, 2.45) is 5.92 Å². The second-order valence-electron chi connectivity index (χ2n) is 4.32. The van der Waals surface area contributed by atoms with Crippen LogP contribution in [0.1, 0.15) is 30.9 Å².